The van der Waals surface area contributed by atoms with E-state index in [1.165, 1.54) is 0 Å². The summed E-state index contributed by atoms with van der Waals surface area (Å²) >= 11 is 0. The molecule has 19 heavy (non-hydrogen) atoms. The predicted molar refractivity (Wildman–Crippen MR) is 83.4 cm³/mol. The van der Waals surface area contributed by atoms with Gasteiger partial charge in [0.1, 0.15) is 0 Å². The first-order valence-electron chi connectivity index (χ1n) is 6.63. The van der Waals surface area contributed by atoms with E-state index < -0.39 is 0 Å². The fourth-order valence-corrected chi connectivity index (χ4v) is 1.71. The van der Waals surface area contributed by atoms with Crippen LogP contribution in [0.1, 0.15) is 26.5 Å². The summed E-state index contributed by atoms with van der Waals surface area (Å²) in [5.74, 6) is 0. The van der Waals surface area contributed by atoms with Crippen LogP contribution in [-0.4, -0.2) is 23.6 Å². The topological polar surface area (TPSA) is 28.2 Å². The third kappa shape index (κ3) is 5.71. The van der Waals surface area contributed by atoms with Gasteiger partial charge in [-0.2, -0.15) is 0 Å². The Morgan fingerprint density at radius 3 is 2.42 bits per heavy atom. The second-order valence-corrected chi connectivity index (χ2v) is 5.59. The maximum absolute atomic E-state index is 4.40. The third-order valence-electron chi connectivity index (χ3n) is 2.66. The van der Waals surface area contributed by atoms with Crippen LogP contribution >= 0.6 is 0 Å². The summed E-state index contributed by atoms with van der Waals surface area (Å²) in [5, 5.41) is 3.45. The van der Waals surface area contributed by atoms with Gasteiger partial charge in [-0.3, -0.25) is 4.98 Å². The van der Waals surface area contributed by atoms with E-state index in [-0.39, 0.29) is 5.54 Å². The summed E-state index contributed by atoms with van der Waals surface area (Å²) in [6.45, 7) is 16.4. The maximum Gasteiger partial charge on any atom is 0.0562 e. The zero-order valence-corrected chi connectivity index (χ0v) is 12.3. The molecule has 0 bridgehead atoms. The number of pyridine rings is 1. The van der Waals surface area contributed by atoms with E-state index in [4.69, 9.17) is 0 Å². The zero-order valence-electron chi connectivity index (χ0n) is 12.3. The molecule has 0 radical (unpaired) electrons. The summed E-state index contributed by atoms with van der Waals surface area (Å²) in [6.07, 6.45) is 5.65. The first-order chi connectivity index (χ1) is 8.96. The molecule has 0 aliphatic heterocycles. The summed E-state index contributed by atoms with van der Waals surface area (Å²) in [6, 6.07) is 4.14. The van der Waals surface area contributed by atoms with Crippen molar-refractivity contribution in [2.24, 2.45) is 0 Å². The lowest BCUT2D eigenvalue weighted by molar-refractivity contribution is 0.421. The number of rotatable bonds is 7. The molecule has 0 aromatic carbocycles. The first-order valence-corrected chi connectivity index (χ1v) is 6.63. The molecular weight excluding hydrogens is 234 g/mol. The lowest BCUT2D eigenvalue weighted by Crippen LogP contribution is -2.35. The number of aromatic nitrogens is 1. The zero-order chi connectivity index (χ0) is 14.3. The Bertz CT molecular complexity index is 408. The standard InChI is InChI=1S/C16H25N3/c1-6-10-19(11-7-2)15-8-9-17-14(12-15)13-18-16(3,4)5/h6-9,12,18H,1-2,10-11,13H2,3-5H3. The van der Waals surface area contributed by atoms with Crippen LogP contribution in [0.5, 0.6) is 0 Å². The van der Waals surface area contributed by atoms with Crippen molar-refractivity contribution in [3.8, 4) is 0 Å². The molecule has 0 aliphatic carbocycles. The molecule has 1 heterocycles. The third-order valence-corrected chi connectivity index (χ3v) is 2.66. The van der Waals surface area contributed by atoms with Crippen LogP contribution in [0.2, 0.25) is 0 Å². The second-order valence-electron chi connectivity index (χ2n) is 5.59. The monoisotopic (exact) mass is 259 g/mol. The quantitative estimate of drug-likeness (QED) is 0.762. The van der Waals surface area contributed by atoms with Crippen LogP contribution in [0.15, 0.2) is 43.6 Å². The van der Waals surface area contributed by atoms with Gasteiger partial charge in [0.25, 0.3) is 0 Å². The first kappa shape index (κ1) is 15.4. The van der Waals surface area contributed by atoms with Gasteiger partial charge < -0.3 is 10.2 Å². The van der Waals surface area contributed by atoms with Gasteiger partial charge in [0, 0.05) is 37.1 Å². The van der Waals surface area contributed by atoms with Gasteiger partial charge in [0.2, 0.25) is 0 Å². The van der Waals surface area contributed by atoms with Crippen LogP contribution in [-0.2, 0) is 6.54 Å². The van der Waals surface area contributed by atoms with Crippen molar-refractivity contribution in [2.45, 2.75) is 32.9 Å². The molecule has 1 N–H and O–H groups in total. The van der Waals surface area contributed by atoms with Crippen LogP contribution in [0, 0.1) is 0 Å². The van der Waals surface area contributed by atoms with E-state index >= 15 is 0 Å². The van der Waals surface area contributed by atoms with Crippen molar-refractivity contribution in [2.75, 3.05) is 18.0 Å². The second kappa shape index (κ2) is 7.10. The highest BCUT2D eigenvalue weighted by atomic mass is 15.1. The van der Waals surface area contributed by atoms with Crippen molar-refractivity contribution in [3.63, 3.8) is 0 Å². The van der Waals surface area contributed by atoms with E-state index in [1.807, 2.05) is 24.4 Å². The number of nitrogens with zero attached hydrogens (tertiary/aromatic N) is 2. The Kier molecular flexibility index (Phi) is 5.77. The largest absolute Gasteiger partial charge is 0.364 e. The molecule has 3 heteroatoms. The maximum atomic E-state index is 4.40. The fourth-order valence-electron chi connectivity index (χ4n) is 1.71. The van der Waals surface area contributed by atoms with Crippen LogP contribution in [0.25, 0.3) is 0 Å². The highest BCUT2D eigenvalue weighted by Crippen LogP contribution is 2.15. The van der Waals surface area contributed by atoms with Crippen molar-refractivity contribution in [1.82, 2.24) is 10.3 Å². The average molecular weight is 259 g/mol. The smallest absolute Gasteiger partial charge is 0.0562 e. The normalized spacial score (nSPS) is 11.1. The molecule has 3 nitrogen and oxygen atoms in total. The molecule has 0 saturated carbocycles. The summed E-state index contributed by atoms with van der Waals surface area (Å²) < 4.78 is 0. The average Bonchev–Trinajstić information content (AvgIpc) is 2.36. The molecule has 0 aliphatic rings. The van der Waals surface area contributed by atoms with Crippen molar-refractivity contribution in [1.29, 1.82) is 0 Å². The molecule has 1 rings (SSSR count). The number of anilines is 1. The van der Waals surface area contributed by atoms with E-state index in [0.717, 1.165) is 31.0 Å². The summed E-state index contributed by atoms with van der Waals surface area (Å²) in [4.78, 5) is 6.61. The Morgan fingerprint density at radius 2 is 1.89 bits per heavy atom. The minimum Gasteiger partial charge on any atom is -0.364 e. The lowest BCUT2D eigenvalue weighted by atomic mass is 10.1. The SMILES string of the molecule is C=CCN(CC=C)c1ccnc(CNC(C)(C)C)c1. The van der Waals surface area contributed by atoms with Gasteiger partial charge in [0.15, 0.2) is 0 Å². The molecule has 104 valence electrons. The minimum atomic E-state index is 0.0968. The Balaban J connectivity index is 2.79. The summed E-state index contributed by atoms with van der Waals surface area (Å²) in [5.41, 5.74) is 2.30. The van der Waals surface area contributed by atoms with E-state index in [9.17, 15) is 0 Å². The highest BCUT2D eigenvalue weighted by Gasteiger charge is 2.10. The van der Waals surface area contributed by atoms with Gasteiger partial charge >= 0.3 is 0 Å². The molecule has 1 aromatic heterocycles. The van der Waals surface area contributed by atoms with Crippen molar-refractivity contribution >= 4 is 5.69 Å². The van der Waals surface area contributed by atoms with Gasteiger partial charge in [-0.25, -0.2) is 0 Å². The van der Waals surface area contributed by atoms with Gasteiger partial charge in [-0.1, -0.05) is 12.2 Å². The Morgan fingerprint density at radius 1 is 1.26 bits per heavy atom. The lowest BCUT2D eigenvalue weighted by Gasteiger charge is -2.23. The molecule has 0 fully saturated rings. The number of hydrogen-bond donors (Lipinski definition) is 1. The number of nitrogens with one attached hydrogen (secondary N) is 1. The van der Waals surface area contributed by atoms with Crippen LogP contribution < -0.4 is 10.2 Å². The van der Waals surface area contributed by atoms with E-state index in [2.05, 4.69) is 55.2 Å². The Labute approximate surface area is 117 Å². The summed E-state index contributed by atoms with van der Waals surface area (Å²) in [7, 11) is 0. The van der Waals surface area contributed by atoms with Crippen molar-refractivity contribution < 1.29 is 0 Å². The molecule has 0 saturated heterocycles. The van der Waals surface area contributed by atoms with Crippen LogP contribution in [0.3, 0.4) is 0 Å². The van der Waals surface area contributed by atoms with Gasteiger partial charge in [0.05, 0.1) is 5.69 Å². The van der Waals surface area contributed by atoms with Crippen LogP contribution in [0.4, 0.5) is 5.69 Å². The molecule has 0 atom stereocenters. The van der Waals surface area contributed by atoms with E-state index in [1.54, 1.807) is 0 Å². The number of hydrogen-bond acceptors (Lipinski definition) is 3. The van der Waals surface area contributed by atoms with E-state index in [0.29, 0.717) is 0 Å². The van der Waals surface area contributed by atoms with Crippen molar-refractivity contribution in [3.05, 3.63) is 49.3 Å². The van der Waals surface area contributed by atoms with Gasteiger partial charge in [-0.15, -0.1) is 13.2 Å². The molecule has 1 aromatic rings. The molecule has 0 unspecified atom stereocenters. The Hall–Kier alpha value is -1.61. The molecule has 0 amide bonds. The minimum absolute atomic E-state index is 0.0968. The fraction of sp³-hybridized carbons (Fsp3) is 0.438. The molecular formula is C16H25N3. The highest BCUT2D eigenvalue weighted by molar-refractivity contribution is 5.47. The van der Waals surface area contributed by atoms with Gasteiger partial charge in [-0.05, 0) is 32.9 Å². The predicted octanol–water partition coefficient (Wildman–Crippen LogP) is 3.15. The molecule has 0 spiro atoms.